The SMILES string of the molecule is CC.CC(=O)C(CNCC1CC1)c1ccc(OC(F)(F)F)c(F)c1. The molecular weight excluding hydrogens is 326 g/mol. The summed E-state index contributed by atoms with van der Waals surface area (Å²) in [5.74, 6) is -2.17. The first-order valence-corrected chi connectivity index (χ1v) is 8.02. The molecule has 1 aliphatic rings. The third-order valence-corrected chi connectivity index (χ3v) is 3.55. The Kier molecular flexibility index (Phi) is 7.66. The third-order valence-electron chi connectivity index (χ3n) is 3.55. The zero-order valence-corrected chi connectivity index (χ0v) is 14.0. The summed E-state index contributed by atoms with van der Waals surface area (Å²) in [6, 6.07) is 3.11. The lowest BCUT2D eigenvalue weighted by Gasteiger charge is -2.17. The summed E-state index contributed by atoms with van der Waals surface area (Å²) in [4.78, 5) is 11.7. The Balaban J connectivity index is 0.00000139. The van der Waals surface area contributed by atoms with Crippen LogP contribution in [0.5, 0.6) is 5.75 Å². The van der Waals surface area contributed by atoms with Gasteiger partial charge in [-0.05, 0) is 49.9 Å². The zero-order valence-electron chi connectivity index (χ0n) is 14.0. The second-order valence-corrected chi connectivity index (χ2v) is 5.50. The summed E-state index contributed by atoms with van der Waals surface area (Å²) in [5, 5.41) is 3.15. The summed E-state index contributed by atoms with van der Waals surface area (Å²) in [5.41, 5.74) is 0.336. The van der Waals surface area contributed by atoms with Crippen LogP contribution in [0.4, 0.5) is 17.6 Å². The quantitative estimate of drug-likeness (QED) is 0.741. The molecule has 24 heavy (non-hydrogen) atoms. The summed E-state index contributed by atoms with van der Waals surface area (Å²) < 4.78 is 53.6. The second kappa shape index (κ2) is 9.01. The van der Waals surface area contributed by atoms with E-state index in [-0.39, 0.29) is 5.78 Å². The van der Waals surface area contributed by atoms with Crippen LogP contribution < -0.4 is 10.1 Å². The van der Waals surface area contributed by atoms with Gasteiger partial charge >= 0.3 is 6.36 Å². The Bertz CT molecular complexity index is 542. The monoisotopic (exact) mass is 349 g/mol. The minimum Gasteiger partial charge on any atom is -0.403 e. The van der Waals surface area contributed by atoms with Gasteiger partial charge in [-0.25, -0.2) is 4.39 Å². The first kappa shape index (κ1) is 20.4. The molecule has 0 saturated heterocycles. The molecule has 0 bridgehead atoms. The predicted octanol–water partition coefficient (Wildman–Crippen LogP) is 4.42. The molecule has 1 fully saturated rings. The number of alkyl halides is 3. The zero-order chi connectivity index (χ0) is 18.3. The summed E-state index contributed by atoms with van der Waals surface area (Å²) in [7, 11) is 0. The maximum Gasteiger partial charge on any atom is 0.573 e. The molecular formula is C17H23F4NO2. The fraction of sp³-hybridized carbons (Fsp3) is 0.588. The first-order valence-electron chi connectivity index (χ1n) is 8.02. The van der Waals surface area contributed by atoms with Gasteiger partial charge in [0.1, 0.15) is 5.78 Å². The molecule has 1 aromatic carbocycles. The predicted molar refractivity (Wildman–Crippen MR) is 83.4 cm³/mol. The van der Waals surface area contributed by atoms with Crippen molar-refractivity contribution >= 4 is 5.78 Å². The Hall–Kier alpha value is -1.63. The Morgan fingerprint density at radius 2 is 1.96 bits per heavy atom. The normalized spacial score (nSPS) is 15.3. The van der Waals surface area contributed by atoms with E-state index in [1.165, 1.54) is 13.0 Å². The van der Waals surface area contributed by atoms with E-state index < -0.39 is 23.8 Å². The number of carbonyl (C=O) groups is 1. The van der Waals surface area contributed by atoms with Crippen molar-refractivity contribution in [3.05, 3.63) is 29.6 Å². The van der Waals surface area contributed by atoms with Crippen LogP contribution in [-0.4, -0.2) is 25.2 Å². The minimum atomic E-state index is -4.95. The molecule has 1 atom stereocenters. The highest BCUT2D eigenvalue weighted by atomic mass is 19.4. The molecule has 1 saturated carbocycles. The van der Waals surface area contributed by atoms with Gasteiger partial charge in [-0.3, -0.25) is 4.79 Å². The number of benzene rings is 1. The average molecular weight is 349 g/mol. The maximum absolute atomic E-state index is 13.7. The van der Waals surface area contributed by atoms with Crippen molar-refractivity contribution in [3.63, 3.8) is 0 Å². The lowest BCUT2D eigenvalue weighted by Crippen LogP contribution is -2.27. The lowest BCUT2D eigenvalue weighted by molar-refractivity contribution is -0.275. The number of ether oxygens (including phenoxy) is 1. The van der Waals surface area contributed by atoms with Crippen LogP contribution in [0.25, 0.3) is 0 Å². The molecule has 136 valence electrons. The van der Waals surface area contributed by atoms with E-state index in [1.54, 1.807) is 0 Å². The molecule has 0 spiro atoms. The lowest BCUT2D eigenvalue weighted by atomic mass is 9.95. The van der Waals surface area contributed by atoms with Crippen LogP contribution in [0.2, 0.25) is 0 Å². The van der Waals surface area contributed by atoms with Crippen molar-refractivity contribution in [1.29, 1.82) is 0 Å². The van der Waals surface area contributed by atoms with Crippen molar-refractivity contribution in [1.82, 2.24) is 5.32 Å². The van der Waals surface area contributed by atoms with Gasteiger partial charge in [0, 0.05) is 6.54 Å². The van der Waals surface area contributed by atoms with Gasteiger partial charge in [0.2, 0.25) is 0 Å². The fourth-order valence-electron chi connectivity index (χ4n) is 2.19. The number of halogens is 4. The number of carbonyl (C=O) groups excluding carboxylic acids is 1. The maximum atomic E-state index is 13.7. The number of ketones is 1. The van der Waals surface area contributed by atoms with Crippen molar-refractivity contribution in [3.8, 4) is 5.75 Å². The van der Waals surface area contributed by atoms with Gasteiger partial charge in [-0.15, -0.1) is 13.2 Å². The summed E-state index contributed by atoms with van der Waals surface area (Å²) in [6.45, 7) is 6.51. The van der Waals surface area contributed by atoms with Crippen molar-refractivity contribution in [2.24, 2.45) is 5.92 Å². The minimum absolute atomic E-state index is 0.174. The van der Waals surface area contributed by atoms with Crippen LogP contribution in [0, 0.1) is 11.7 Å². The van der Waals surface area contributed by atoms with E-state index in [2.05, 4.69) is 10.1 Å². The van der Waals surface area contributed by atoms with Crippen molar-refractivity contribution in [2.75, 3.05) is 13.1 Å². The second-order valence-electron chi connectivity index (χ2n) is 5.50. The number of rotatable bonds is 7. The standard InChI is InChI=1S/C15H17F4NO2.C2H6/c1-9(21)12(8-20-7-10-2-3-10)11-4-5-14(13(16)6-11)22-15(17,18)19;1-2/h4-6,10,12,20H,2-3,7-8H2,1H3;1-2H3. The van der Waals surface area contributed by atoms with E-state index in [1.807, 2.05) is 13.8 Å². The molecule has 2 rings (SSSR count). The Morgan fingerprint density at radius 1 is 1.33 bits per heavy atom. The van der Waals surface area contributed by atoms with Crippen LogP contribution >= 0.6 is 0 Å². The molecule has 0 aromatic heterocycles. The van der Waals surface area contributed by atoms with Gasteiger partial charge in [0.15, 0.2) is 11.6 Å². The van der Waals surface area contributed by atoms with Gasteiger partial charge < -0.3 is 10.1 Å². The van der Waals surface area contributed by atoms with Crippen molar-refractivity contribution < 1.29 is 27.1 Å². The van der Waals surface area contributed by atoms with E-state index >= 15 is 0 Å². The van der Waals surface area contributed by atoms with Crippen LogP contribution in [0.3, 0.4) is 0 Å². The number of hydrogen-bond acceptors (Lipinski definition) is 3. The number of nitrogens with one attached hydrogen (secondary N) is 1. The van der Waals surface area contributed by atoms with Gasteiger partial charge in [0.05, 0.1) is 5.92 Å². The van der Waals surface area contributed by atoms with Crippen LogP contribution in [-0.2, 0) is 4.79 Å². The number of Topliss-reactive ketones (excluding diaryl/α,β-unsaturated/α-hetero) is 1. The molecule has 1 aliphatic carbocycles. The van der Waals surface area contributed by atoms with Gasteiger partial charge in [-0.2, -0.15) is 0 Å². The van der Waals surface area contributed by atoms with Crippen LogP contribution in [0.1, 0.15) is 45.1 Å². The average Bonchev–Trinajstić information content (AvgIpc) is 3.31. The highest BCUT2D eigenvalue weighted by Gasteiger charge is 2.32. The number of hydrogen-bond donors (Lipinski definition) is 1. The molecule has 7 heteroatoms. The summed E-state index contributed by atoms with van der Waals surface area (Å²) in [6.07, 6.45) is -2.63. The van der Waals surface area contributed by atoms with E-state index in [4.69, 9.17) is 0 Å². The third kappa shape index (κ3) is 6.86. The van der Waals surface area contributed by atoms with Gasteiger partial charge in [-0.1, -0.05) is 19.9 Å². The molecule has 0 radical (unpaired) electrons. The van der Waals surface area contributed by atoms with E-state index in [9.17, 15) is 22.4 Å². The Morgan fingerprint density at radius 3 is 2.42 bits per heavy atom. The largest absolute Gasteiger partial charge is 0.573 e. The highest BCUT2D eigenvalue weighted by molar-refractivity contribution is 5.83. The molecule has 0 amide bonds. The molecule has 0 aliphatic heterocycles. The first-order chi connectivity index (χ1) is 11.3. The van der Waals surface area contributed by atoms with Crippen molar-refractivity contribution in [2.45, 2.75) is 45.9 Å². The molecule has 1 aromatic rings. The highest BCUT2D eigenvalue weighted by Crippen LogP contribution is 2.29. The topological polar surface area (TPSA) is 38.3 Å². The molecule has 1 N–H and O–H groups in total. The Labute approximate surface area is 139 Å². The van der Waals surface area contributed by atoms with E-state index in [0.29, 0.717) is 18.0 Å². The van der Waals surface area contributed by atoms with E-state index in [0.717, 1.165) is 31.5 Å². The van der Waals surface area contributed by atoms with Gasteiger partial charge in [0.25, 0.3) is 0 Å². The molecule has 1 unspecified atom stereocenters. The molecule has 0 heterocycles. The summed E-state index contributed by atoms with van der Waals surface area (Å²) >= 11 is 0. The smallest absolute Gasteiger partial charge is 0.403 e. The van der Waals surface area contributed by atoms with Crippen LogP contribution in [0.15, 0.2) is 18.2 Å². The fourth-order valence-corrected chi connectivity index (χ4v) is 2.19. The molecule has 3 nitrogen and oxygen atoms in total.